The second kappa shape index (κ2) is 11.9. The zero-order chi connectivity index (χ0) is 24.6. The minimum absolute atomic E-state index is 0.0589. The molecule has 2 aromatic heterocycles. The molecule has 0 bridgehead atoms. The molecule has 1 fully saturated rings. The highest BCUT2D eigenvalue weighted by atomic mass is 32.2. The lowest BCUT2D eigenvalue weighted by molar-refractivity contribution is -0.110. The molecule has 0 aliphatic carbocycles. The summed E-state index contributed by atoms with van der Waals surface area (Å²) >= 11 is 1.66. The van der Waals surface area contributed by atoms with Gasteiger partial charge in [-0.1, -0.05) is 18.0 Å². The second-order valence-corrected chi connectivity index (χ2v) is 9.06. The van der Waals surface area contributed by atoms with E-state index in [1.807, 2.05) is 0 Å². The summed E-state index contributed by atoms with van der Waals surface area (Å²) < 4.78 is 41.8. The fraction of sp³-hybridized carbons (Fsp3) is 0.348. The van der Waals surface area contributed by atoms with Gasteiger partial charge in [-0.05, 0) is 24.1 Å². The highest BCUT2D eigenvalue weighted by molar-refractivity contribution is 7.97. The van der Waals surface area contributed by atoms with Crippen LogP contribution in [0.15, 0.2) is 43.0 Å². The number of rotatable bonds is 10. The van der Waals surface area contributed by atoms with Crippen molar-refractivity contribution in [1.82, 2.24) is 29.6 Å². The Labute approximate surface area is 205 Å². The SMILES string of the molecule is O=CNC(CCc1ncc(F)cn1)CSN1CCN(c2ncc(-c3ccc(F)c(F)c3)cn2)CC1. The number of carbonyl (C=O) groups is 1. The summed E-state index contributed by atoms with van der Waals surface area (Å²) in [4.78, 5) is 29.8. The van der Waals surface area contributed by atoms with E-state index in [0.717, 1.165) is 50.7 Å². The first kappa shape index (κ1) is 24.9. The monoisotopic (exact) mass is 503 g/mol. The van der Waals surface area contributed by atoms with Crippen molar-refractivity contribution in [3.63, 3.8) is 0 Å². The van der Waals surface area contributed by atoms with Crippen molar-refractivity contribution < 1.29 is 18.0 Å². The van der Waals surface area contributed by atoms with Crippen LogP contribution in [0.5, 0.6) is 0 Å². The summed E-state index contributed by atoms with van der Waals surface area (Å²) in [6.45, 7) is 3.03. The number of anilines is 1. The maximum absolute atomic E-state index is 13.5. The van der Waals surface area contributed by atoms with E-state index >= 15 is 0 Å². The number of benzene rings is 1. The fourth-order valence-corrected chi connectivity index (χ4v) is 4.68. The van der Waals surface area contributed by atoms with E-state index in [2.05, 4.69) is 34.5 Å². The number of hydrogen-bond donors (Lipinski definition) is 1. The molecule has 1 unspecified atom stereocenters. The van der Waals surface area contributed by atoms with Gasteiger partial charge in [-0.2, -0.15) is 0 Å². The Morgan fingerprint density at radius 3 is 2.31 bits per heavy atom. The highest BCUT2D eigenvalue weighted by Crippen LogP contribution is 2.23. The lowest BCUT2D eigenvalue weighted by Gasteiger charge is -2.34. The van der Waals surface area contributed by atoms with Gasteiger partial charge in [-0.25, -0.2) is 37.4 Å². The van der Waals surface area contributed by atoms with E-state index in [1.165, 1.54) is 6.07 Å². The number of hydrogen-bond acceptors (Lipinski definition) is 8. The number of halogens is 3. The average Bonchev–Trinajstić information content (AvgIpc) is 2.89. The van der Waals surface area contributed by atoms with Crippen LogP contribution in [0.25, 0.3) is 11.1 Å². The topological polar surface area (TPSA) is 87.1 Å². The third kappa shape index (κ3) is 6.89. The predicted molar refractivity (Wildman–Crippen MR) is 127 cm³/mol. The Bertz CT molecular complexity index is 1110. The van der Waals surface area contributed by atoms with E-state index in [9.17, 15) is 18.0 Å². The summed E-state index contributed by atoms with van der Waals surface area (Å²) in [5, 5.41) is 2.83. The van der Waals surface area contributed by atoms with Crippen molar-refractivity contribution in [3.8, 4) is 11.1 Å². The Morgan fingerprint density at radius 2 is 1.66 bits per heavy atom. The molecule has 0 spiro atoms. The van der Waals surface area contributed by atoms with Gasteiger partial charge in [0, 0.05) is 62.4 Å². The molecular weight excluding hydrogens is 479 g/mol. The third-order valence-electron chi connectivity index (χ3n) is 5.56. The van der Waals surface area contributed by atoms with Gasteiger partial charge >= 0.3 is 0 Å². The summed E-state index contributed by atoms with van der Waals surface area (Å²) in [6.07, 6.45) is 7.37. The van der Waals surface area contributed by atoms with Crippen molar-refractivity contribution in [3.05, 3.63) is 66.3 Å². The van der Waals surface area contributed by atoms with Crippen LogP contribution < -0.4 is 10.2 Å². The molecule has 8 nitrogen and oxygen atoms in total. The van der Waals surface area contributed by atoms with E-state index in [0.29, 0.717) is 47.9 Å². The summed E-state index contributed by atoms with van der Waals surface area (Å²) in [6, 6.07) is 3.65. The molecular formula is C23H24F3N7OS. The zero-order valence-electron chi connectivity index (χ0n) is 18.8. The van der Waals surface area contributed by atoms with Crippen LogP contribution in [0.3, 0.4) is 0 Å². The largest absolute Gasteiger partial charge is 0.355 e. The summed E-state index contributed by atoms with van der Waals surface area (Å²) in [7, 11) is 0. The van der Waals surface area contributed by atoms with E-state index in [4.69, 9.17) is 0 Å². The van der Waals surface area contributed by atoms with Crippen LogP contribution in [0.1, 0.15) is 12.2 Å². The van der Waals surface area contributed by atoms with E-state index in [1.54, 1.807) is 24.3 Å². The fourth-order valence-electron chi connectivity index (χ4n) is 3.60. The molecule has 0 saturated carbocycles. The third-order valence-corrected chi connectivity index (χ3v) is 6.85. The van der Waals surface area contributed by atoms with Gasteiger partial charge in [0.2, 0.25) is 12.4 Å². The standard InChI is InChI=1S/C23H24F3N7OS/c24-18-12-27-22(28-13-18)4-2-19(31-15-34)14-35-33-7-5-32(6-8-33)23-29-10-17(11-30-23)16-1-3-20(25)21(26)9-16/h1,3,9-13,15,19H,2,4-8,14H2,(H,31,34). The summed E-state index contributed by atoms with van der Waals surface area (Å²) in [5.74, 6) is -0.458. The predicted octanol–water partition coefficient (Wildman–Crippen LogP) is 2.87. The number of aryl methyl sites for hydroxylation is 1. The smallest absolute Gasteiger partial charge is 0.225 e. The number of nitrogens with zero attached hydrogens (tertiary/aromatic N) is 6. The van der Waals surface area contributed by atoms with Crippen LogP contribution in [0, 0.1) is 17.5 Å². The molecule has 1 saturated heterocycles. The minimum Gasteiger partial charge on any atom is -0.355 e. The minimum atomic E-state index is -0.908. The molecule has 184 valence electrons. The Balaban J connectivity index is 1.24. The number of aromatic nitrogens is 4. The summed E-state index contributed by atoms with van der Waals surface area (Å²) in [5.41, 5.74) is 1.13. The first-order valence-electron chi connectivity index (χ1n) is 11.1. The normalized spacial score (nSPS) is 15.1. The average molecular weight is 504 g/mol. The van der Waals surface area contributed by atoms with Gasteiger partial charge in [0.25, 0.3) is 0 Å². The molecule has 1 aliphatic heterocycles. The molecule has 1 amide bonds. The lowest BCUT2D eigenvalue weighted by atomic mass is 10.1. The Kier molecular flexibility index (Phi) is 8.48. The second-order valence-electron chi connectivity index (χ2n) is 7.95. The van der Waals surface area contributed by atoms with Crippen LogP contribution in [0.2, 0.25) is 0 Å². The van der Waals surface area contributed by atoms with Crippen LogP contribution in [-0.2, 0) is 11.2 Å². The van der Waals surface area contributed by atoms with Gasteiger partial charge in [-0.3, -0.25) is 4.79 Å². The van der Waals surface area contributed by atoms with Gasteiger partial charge in [0.15, 0.2) is 17.5 Å². The maximum atomic E-state index is 13.5. The molecule has 1 aromatic carbocycles. The number of amides is 1. The van der Waals surface area contributed by atoms with E-state index < -0.39 is 17.5 Å². The first-order chi connectivity index (χ1) is 17.0. The quantitative estimate of drug-likeness (QED) is 0.334. The van der Waals surface area contributed by atoms with Crippen molar-refractivity contribution in [1.29, 1.82) is 0 Å². The Morgan fingerprint density at radius 1 is 0.943 bits per heavy atom. The number of carbonyl (C=O) groups excluding carboxylic acids is 1. The molecule has 1 aliphatic rings. The molecule has 12 heteroatoms. The van der Waals surface area contributed by atoms with Gasteiger partial charge in [0.05, 0.1) is 12.4 Å². The van der Waals surface area contributed by atoms with Crippen LogP contribution >= 0.6 is 11.9 Å². The van der Waals surface area contributed by atoms with Crippen LogP contribution in [-0.4, -0.2) is 68.6 Å². The molecule has 1 N–H and O–H groups in total. The number of piperazine rings is 1. The van der Waals surface area contributed by atoms with Gasteiger partial charge in [-0.15, -0.1) is 0 Å². The van der Waals surface area contributed by atoms with E-state index in [-0.39, 0.29) is 6.04 Å². The molecule has 3 heterocycles. The molecule has 3 aromatic rings. The van der Waals surface area contributed by atoms with Crippen molar-refractivity contribution >= 4 is 24.3 Å². The first-order valence-corrected chi connectivity index (χ1v) is 12.0. The maximum Gasteiger partial charge on any atom is 0.225 e. The van der Waals surface area contributed by atoms with Crippen molar-refractivity contribution in [2.45, 2.75) is 18.9 Å². The van der Waals surface area contributed by atoms with Gasteiger partial charge in [0.1, 0.15) is 5.82 Å². The van der Waals surface area contributed by atoms with Crippen LogP contribution in [0.4, 0.5) is 19.1 Å². The van der Waals surface area contributed by atoms with Gasteiger partial charge < -0.3 is 10.2 Å². The lowest BCUT2D eigenvalue weighted by Crippen LogP contribution is -2.45. The molecule has 4 rings (SSSR count). The molecule has 1 atom stereocenters. The molecule has 35 heavy (non-hydrogen) atoms. The Hall–Kier alpha value is -3.25. The molecule has 0 radical (unpaired) electrons. The zero-order valence-corrected chi connectivity index (χ0v) is 19.6. The number of nitrogens with one attached hydrogen (secondary N) is 1. The van der Waals surface area contributed by atoms with Crippen molar-refractivity contribution in [2.24, 2.45) is 0 Å². The highest BCUT2D eigenvalue weighted by Gasteiger charge is 2.21. The van der Waals surface area contributed by atoms with Crippen molar-refractivity contribution in [2.75, 3.05) is 36.8 Å².